The summed E-state index contributed by atoms with van der Waals surface area (Å²) in [7, 11) is 1.64. The third-order valence-corrected chi connectivity index (χ3v) is 2.12. The van der Waals surface area contributed by atoms with Crippen LogP contribution in [0.15, 0.2) is 0 Å². The first-order valence-electron chi connectivity index (χ1n) is 4.81. The third-order valence-electron chi connectivity index (χ3n) is 2.12. The van der Waals surface area contributed by atoms with E-state index >= 15 is 0 Å². The number of hydrogen-bond donors (Lipinski definition) is 1. The van der Waals surface area contributed by atoms with E-state index in [4.69, 9.17) is 0 Å². The van der Waals surface area contributed by atoms with Gasteiger partial charge in [-0.2, -0.15) is 0 Å². The summed E-state index contributed by atoms with van der Waals surface area (Å²) >= 11 is 0. The van der Waals surface area contributed by atoms with Crippen molar-refractivity contribution in [1.82, 2.24) is 15.1 Å². The van der Waals surface area contributed by atoms with E-state index in [1.54, 1.807) is 7.05 Å². The van der Waals surface area contributed by atoms with Crippen molar-refractivity contribution in [3.05, 3.63) is 0 Å². The van der Waals surface area contributed by atoms with E-state index in [0.29, 0.717) is 19.1 Å². The molecule has 1 saturated heterocycles. The smallest absolute Gasteiger partial charge is 0.318 e. The van der Waals surface area contributed by atoms with E-state index in [1.165, 1.54) is 9.80 Å². The van der Waals surface area contributed by atoms with Crippen LogP contribution in [0.4, 0.5) is 4.79 Å². The minimum atomic E-state index is -0.194. The van der Waals surface area contributed by atoms with Crippen molar-refractivity contribution in [2.45, 2.75) is 19.9 Å². The second kappa shape index (κ2) is 4.41. The van der Waals surface area contributed by atoms with Crippen molar-refractivity contribution in [2.24, 2.45) is 0 Å². The molecule has 0 atom stereocenters. The highest BCUT2D eigenvalue weighted by Crippen LogP contribution is 2.06. The van der Waals surface area contributed by atoms with Crippen LogP contribution in [0.1, 0.15) is 13.8 Å². The highest BCUT2D eigenvalue weighted by molar-refractivity contribution is 6.01. The number of amides is 3. The van der Waals surface area contributed by atoms with Crippen LogP contribution in [0.25, 0.3) is 0 Å². The van der Waals surface area contributed by atoms with Crippen molar-refractivity contribution in [2.75, 3.05) is 26.7 Å². The van der Waals surface area contributed by atoms with Gasteiger partial charge in [-0.15, -0.1) is 0 Å². The Morgan fingerprint density at radius 3 is 2.50 bits per heavy atom. The lowest BCUT2D eigenvalue weighted by atomic mass is 10.4. The molecule has 1 heterocycles. The average molecular weight is 199 g/mol. The van der Waals surface area contributed by atoms with Crippen LogP contribution < -0.4 is 5.32 Å². The lowest BCUT2D eigenvalue weighted by Crippen LogP contribution is -2.38. The Balaban J connectivity index is 2.37. The van der Waals surface area contributed by atoms with Crippen LogP contribution in [0.2, 0.25) is 0 Å². The van der Waals surface area contributed by atoms with Gasteiger partial charge in [0.05, 0.1) is 0 Å². The largest absolute Gasteiger partial charge is 0.327 e. The average Bonchev–Trinajstić information content (AvgIpc) is 2.31. The molecule has 1 fully saturated rings. The molecule has 0 saturated carbocycles. The SMILES string of the molecule is CC(C)NCCN1C(=O)CN(C)C1=O. The molecule has 0 unspecified atom stereocenters. The van der Waals surface area contributed by atoms with Gasteiger partial charge in [-0.1, -0.05) is 13.8 Å². The fraction of sp³-hybridized carbons (Fsp3) is 0.778. The molecule has 0 radical (unpaired) electrons. The van der Waals surface area contributed by atoms with Crippen LogP contribution in [0, 0.1) is 0 Å². The van der Waals surface area contributed by atoms with Gasteiger partial charge in [-0.05, 0) is 0 Å². The Kier molecular flexibility index (Phi) is 3.46. The molecule has 0 spiro atoms. The van der Waals surface area contributed by atoms with Crippen LogP contribution in [0.3, 0.4) is 0 Å². The monoisotopic (exact) mass is 199 g/mol. The zero-order valence-corrected chi connectivity index (χ0v) is 8.91. The number of rotatable bonds is 4. The Bertz CT molecular complexity index is 240. The van der Waals surface area contributed by atoms with Crippen molar-refractivity contribution in [1.29, 1.82) is 0 Å². The molecule has 14 heavy (non-hydrogen) atoms. The molecule has 1 N–H and O–H groups in total. The van der Waals surface area contributed by atoms with Gasteiger partial charge in [0, 0.05) is 26.2 Å². The standard InChI is InChI=1S/C9H17N3O2/c1-7(2)10-4-5-12-8(13)6-11(3)9(12)14/h7,10H,4-6H2,1-3H3. The van der Waals surface area contributed by atoms with E-state index in [1.807, 2.05) is 13.8 Å². The molecule has 80 valence electrons. The summed E-state index contributed by atoms with van der Waals surface area (Å²) in [5.41, 5.74) is 0. The first kappa shape index (κ1) is 11.0. The Morgan fingerprint density at radius 2 is 2.07 bits per heavy atom. The van der Waals surface area contributed by atoms with Crippen LogP contribution >= 0.6 is 0 Å². The van der Waals surface area contributed by atoms with Gasteiger partial charge < -0.3 is 10.2 Å². The van der Waals surface area contributed by atoms with Crippen molar-refractivity contribution < 1.29 is 9.59 Å². The molecule has 5 nitrogen and oxygen atoms in total. The van der Waals surface area contributed by atoms with E-state index in [2.05, 4.69) is 5.32 Å². The molecule has 0 aromatic carbocycles. The van der Waals surface area contributed by atoms with Crippen LogP contribution in [0.5, 0.6) is 0 Å². The van der Waals surface area contributed by atoms with Crippen LogP contribution in [-0.2, 0) is 4.79 Å². The molecule has 0 bridgehead atoms. The third kappa shape index (κ3) is 2.45. The molecule has 3 amide bonds. The van der Waals surface area contributed by atoms with Crippen molar-refractivity contribution >= 4 is 11.9 Å². The maximum absolute atomic E-state index is 11.4. The van der Waals surface area contributed by atoms with Gasteiger partial charge >= 0.3 is 6.03 Å². The van der Waals surface area contributed by atoms with Gasteiger partial charge in [0.2, 0.25) is 5.91 Å². The Morgan fingerprint density at radius 1 is 1.43 bits per heavy atom. The molecule has 1 aliphatic heterocycles. The molecule has 5 heteroatoms. The minimum absolute atomic E-state index is 0.108. The summed E-state index contributed by atoms with van der Waals surface area (Å²) in [5, 5.41) is 3.16. The number of nitrogens with zero attached hydrogens (tertiary/aromatic N) is 2. The van der Waals surface area contributed by atoms with E-state index in [9.17, 15) is 9.59 Å². The maximum Gasteiger partial charge on any atom is 0.327 e. The quantitative estimate of drug-likeness (QED) is 0.642. The fourth-order valence-corrected chi connectivity index (χ4v) is 1.35. The number of urea groups is 1. The first-order valence-corrected chi connectivity index (χ1v) is 4.81. The Hall–Kier alpha value is -1.10. The molecule has 0 aromatic heterocycles. The number of hydrogen-bond acceptors (Lipinski definition) is 3. The van der Waals surface area contributed by atoms with Gasteiger partial charge in [0.1, 0.15) is 6.54 Å². The normalized spacial score (nSPS) is 17.4. The molecular weight excluding hydrogens is 182 g/mol. The number of carbonyl (C=O) groups is 2. The van der Waals surface area contributed by atoms with Crippen molar-refractivity contribution in [3.63, 3.8) is 0 Å². The summed E-state index contributed by atoms with van der Waals surface area (Å²) in [6.45, 7) is 5.38. The number of imide groups is 1. The Labute approximate surface area is 84.0 Å². The fourth-order valence-electron chi connectivity index (χ4n) is 1.35. The highest BCUT2D eigenvalue weighted by atomic mass is 16.2. The second-order valence-electron chi connectivity index (χ2n) is 3.79. The summed E-state index contributed by atoms with van der Waals surface area (Å²) in [6.07, 6.45) is 0. The van der Waals surface area contributed by atoms with Gasteiger partial charge in [0.15, 0.2) is 0 Å². The van der Waals surface area contributed by atoms with Crippen molar-refractivity contribution in [3.8, 4) is 0 Å². The topological polar surface area (TPSA) is 52.7 Å². The van der Waals surface area contributed by atoms with Gasteiger partial charge in [-0.3, -0.25) is 9.69 Å². The van der Waals surface area contributed by atoms with Crippen LogP contribution in [-0.4, -0.2) is 54.5 Å². The first-order chi connectivity index (χ1) is 6.52. The second-order valence-corrected chi connectivity index (χ2v) is 3.79. The summed E-state index contributed by atoms with van der Waals surface area (Å²) in [4.78, 5) is 25.4. The molecule has 0 aliphatic carbocycles. The minimum Gasteiger partial charge on any atom is -0.318 e. The van der Waals surface area contributed by atoms with E-state index in [0.717, 1.165) is 0 Å². The van der Waals surface area contributed by atoms with E-state index < -0.39 is 0 Å². The van der Waals surface area contributed by atoms with Gasteiger partial charge in [0.25, 0.3) is 0 Å². The molecule has 1 rings (SSSR count). The van der Waals surface area contributed by atoms with Gasteiger partial charge in [-0.25, -0.2) is 4.79 Å². The molecule has 0 aromatic rings. The molecule has 1 aliphatic rings. The lowest BCUT2D eigenvalue weighted by Gasteiger charge is -2.15. The predicted octanol–water partition coefficient (Wildman–Crippen LogP) is -0.122. The molecular formula is C9H17N3O2. The zero-order chi connectivity index (χ0) is 10.7. The number of nitrogens with one attached hydrogen (secondary N) is 1. The van der Waals surface area contributed by atoms with E-state index in [-0.39, 0.29) is 18.5 Å². The lowest BCUT2D eigenvalue weighted by molar-refractivity contribution is -0.125. The summed E-state index contributed by atoms with van der Waals surface area (Å²) in [6, 6.07) is 0.182. The zero-order valence-electron chi connectivity index (χ0n) is 8.91. The maximum atomic E-state index is 11.4. The highest BCUT2D eigenvalue weighted by Gasteiger charge is 2.32. The predicted molar refractivity (Wildman–Crippen MR) is 52.9 cm³/mol. The summed E-state index contributed by atoms with van der Waals surface area (Å²) < 4.78 is 0. The number of likely N-dealkylation sites (N-methyl/N-ethyl adjacent to an activating group) is 1. The number of carbonyl (C=O) groups excluding carboxylic acids is 2. The summed E-state index contributed by atoms with van der Waals surface area (Å²) in [5.74, 6) is -0.108.